The summed E-state index contributed by atoms with van der Waals surface area (Å²) in [5.41, 5.74) is 0.519. The fourth-order valence-corrected chi connectivity index (χ4v) is 2.37. The van der Waals surface area contributed by atoms with Crippen molar-refractivity contribution in [1.29, 1.82) is 0 Å². The predicted molar refractivity (Wildman–Crippen MR) is 88.6 cm³/mol. The topological polar surface area (TPSA) is 76.9 Å². The summed E-state index contributed by atoms with van der Waals surface area (Å²) in [5, 5.41) is 6.76. The van der Waals surface area contributed by atoms with Crippen LogP contribution in [0.4, 0.5) is 10.2 Å². The van der Waals surface area contributed by atoms with Crippen LogP contribution < -0.4 is 10.7 Å². The highest BCUT2D eigenvalue weighted by Gasteiger charge is 2.18. The summed E-state index contributed by atoms with van der Waals surface area (Å²) in [6.07, 6.45) is 1.60. The van der Waals surface area contributed by atoms with E-state index in [2.05, 4.69) is 15.4 Å². The molecule has 24 heavy (non-hydrogen) atoms. The van der Waals surface area contributed by atoms with Gasteiger partial charge in [-0.15, -0.1) is 0 Å². The summed E-state index contributed by atoms with van der Waals surface area (Å²) in [6, 6.07) is 7.27. The second-order valence-electron chi connectivity index (χ2n) is 5.33. The Morgan fingerprint density at radius 1 is 1.29 bits per heavy atom. The highest BCUT2D eigenvalue weighted by molar-refractivity contribution is 6.03. The number of fused-ring (bicyclic) bond motifs is 1. The number of nitrogens with one attached hydrogen (secondary N) is 1. The number of aromatic nitrogens is 3. The average Bonchev–Trinajstić information content (AvgIpc) is 2.57. The summed E-state index contributed by atoms with van der Waals surface area (Å²) in [4.78, 5) is 29.0. The molecule has 1 N–H and O–H groups in total. The molecular formula is C17H15FN4O2. The molecule has 0 aliphatic heterocycles. The van der Waals surface area contributed by atoms with Gasteiger partial charge in [0, 0.05) is 12.7 Å². The third kappa shape index (κ3) is 2.88. The van der Waals surface area contributed by atoms with Gasteiger partial charge in [0.15, 0.2) is 5.69 Å². The number of amides is 1. The highest BCUT2D eigenvalue weighted by atomic mass is 19.1. The number of hydrogen-bond donors (Lipinski definition) is 1. The van der Waals surface area contributed by atoms with Crippen LogP contribution >= 0.6 is 0 Å². The molecule has 3 rings (SSSR count). The van der Waals surface area contributed by atoms with E-state index in [9.17, 15) is 14.0 Å². The minimum absolute atomic E-state index is 0.119. The van der Waals surface area contributed by atoms with Crippen molar-refractivity contribution in [3.8, 4) is 0 Å². The van der Waals surface area contributed by atoms with Gasteiger partial charge < -0.3 is 5.32 Å². The van der Waals surface area contributed by atoms with Crippen molar-refractivity contribution in [3.63, 3.8) is 0 Å². The Hall–Kier alpha value is -3.09. The minimum Gasteiger partial charge on any atom is -0.305 e. The van der Waals surface area contributed by atoms with Crippen LogP contribution in [0.3, 0.4) is 0 Å². The summed E-state index contributed by atoms with van der Waals surface area (Å²) < 4.78 is 15.0. The molecule has 0 saturated heterocycles. The van der Waals surface area contributed by atoms with Gasteiger partial charge in [-0.1, -0.05) is 6.07 Å². The number of halogens is 1. The van der Waals surface area contributed by atoms with Crippen LogP contribution in [0.2, 0.25) is 0 Å². The van der Waals surface area contributed by atoms with Crippen molar-refractivity contribution in [1.82, 2.24) is 14.8 Å². The number of pyridine rings is 1. The lowest BCUT2D eigenvalue weighted by Crippen LogP contribution is -2.27. The quantitative estimate of drug-likeness (QED) is 0.802. The second-order valence-corrected chi connectivity index (χ2v) is 5.33. The molecule has 1 aromatic carbocycles. The molecule has 0 radical (unpaired) electrons. The van der Waals surface area contributed by atoms with E-state index in [-0.39, 0.29) is 11.1 Å². The van der Waals surface area contributed by atoms with Gasteiger partial charge >= 0.3 is 0 Å². The summed E-state index contributed by atoms with van der Waals surface area (Å²) >= 11 is 0. The first-order valence-electron chi connectivity index (χ1n) is 7.44. The first kappa shape index (κ1) is 15.8. The van der Waals surface area contributed by atoms with Gasteiger partial charge in [-0.3, -0.25) is 14.3 Å². The smallest absolute Gasteiger partial charge is 0.281 e. The number of carbonyl (C=O) groups excluding carboxylic acids is 1. The summed E-state index contributed by atoms with van der Waals surface area (Å²) in [5.74, 6) is -0.904. The number of rotatable bonds is 3. The Morgan fingerprint density at radius 3 is 2.75 bits per heavy atom. The standard InChI is InChI=1S/C17H15FN4O2/c1-3-22-13-6-5-11(18)8-12(13)16(23)15(21-22)17(24)20-14-7-4-10(2)9-19-14/h4-9H,3H2,1-2H3,(H,19,20,24). The number of anilines is 1. The van der Waals surface area contributed by atoms with Crippen LogP contribution in [0, 0.1) is 12.7 Å². The predicted octanol–water partition coefficient (Wildman–Crippen LogP) is 2.51. The van der Waals surface area contributed by atoms with Crippen molar-refractivity contribution in [2.45, 2.75) is 20.4 Å². The van der Waals surface area contributed by atoms with Crippen LogP contribution in [-0.4, -0.2) is 20.7 Å². The van der Waals surface area contributed by atoms with Gasteiger partial charge in [0.2, 0.25) is 5.43 Å². The Morgan fingerprint density at radius 2 is 2.08 bits per heavy atom. The molecule has 0 aliphatic rings. The molecule has 2 heterocycles. The van der Waals surface area contributed by atoms with Gasteiger partial charge in [-0.25, -0.2) is 9.37 Å². The molecule has 0 saturated carbocycles. The van der Waals surface area contributed by atoms with Gasteiger partial charge in [-0.05, 0) is 43.7 Å². The van der Waals surface area contributed by atoms with E-state index in [1.54, 1.807) is 18.3 Å². The number of nitrogens with zero attached hydrogens (tertiary/aromatic N) is 3. The third-order valence-corrected chi connectivity index (χ3v) is 3.58. The molecule has 3 aromatic rings. The number of aryl methyl sites for hydroxylation is 2. The molecule has 2 aromatic heterocycles. The van der Waals surface area contributed by atoms with Crippen LogP contribution in [0.1, 0.15) is 23.0 Å². The number of hydrogen-bond acceptors (Lipinski definition) is 4. The van der Waals surface area contributed by atoms with Crippen molar-refractivity contribution >= 4 is 22.6 Å². The van der Waals surface area contributed by atoms with Gasteiger partial charge in [0.25, 0.3) is 5.91 Å². The molecule has 0 unspecified atom stereocenters. The lowest BCUT2D eigenvalue weighted by Gasteiger charge is -2.10. The maximum Gasteiger partial charge on any atom is 0.281 e. The van der Waals surface area contributed by atoms with E-state index in [1.807, 2.05) is 13.8 Å². The van der Waals surface area contributed by atoms with E-state index in [4.69, 9.17) is 0 Å². The Bertz CT molecular complexity index is 980. The first-order chi connectivity index (χ1) is 11.5. The zero-order chi connectivity index (χ0) is 17.3. The monoisotopic (exact) mass is 326 g/mol. The molecule has 0 spiro atoms. The zero-order valence-electron chi connectivity index (χ0n) is 13.2. The number of benzene rings is 1. The fourth-order valence-electron chi connectivity index (χ4n) is 2.37. The molecule has 0 aliphatic carbocycles. The van der Waals surface area contributed by atoms with E-state index in [0.29, 0.717) is 17.9 Å². The van der Waals surface area contributed by atoms with E-state index >= 15 is 0 Å². The Labute approximate surface area is 137 Å². The van der Waals surface area contributed by atoms with Crippen molar-refractivity contribution in [2.75, 3.05) is 5.32 Å². The molecule has 6 nitrogen and oxygen atoms in total. The van der Waals surface area contributed by atoms with E-state index in [1.165, 1.54) is 16.8 Å². The van der Waals surface area contributed by atoms with Crippen LogP contribution in [0.25, 0.3) is 10.9 Å². The SMILES string of the molecule is CCn1nc(C(=O)Nc2ccc(C)cn2)c(=O)c2cc(F)ccc21. The summed E-state index contributed by atoms with van der Waals surface area (Å²) in [6.45, 7) is 4.13. The summed E-state index contributed by atoms with van der Waals surface area (Å²) in [7, 11) is 0. The molecule has 7 heteroatoms. The molecule has 1 amide bonds. The van der Waals surface area contributed by atoms with Crippen molar-refractivity contribution in [3.05, 3.63) is 63.8 Å². The molecule has 122 valence electrons. The van der Waals surface area contributed by atoms with Crippen LogP contribution in [-0.2, 0) is 6.54 Å². The third-order valence-electron chi connectivity index (χ3n) is 3.58. The second kappa shape index (κ2) is 6.19. The number of carbonyl (C=O) groups is 1. The molecule has 0 atom stereocenters. The Balaban J connectivity index is 2.08. The largest absolute Gasteiger partial charge is 0.305 e. The van der Waals surface area contributed by atoms with E-state index in [0.717, 1.165) is 11.6 Å². The maximum absolute atomic E-state index is 13.5. The van der Waals surface area contributed by atoms with Gasteiger partial charge in [0.05, 0.1) is 10.9 Å². The molecular weight excluding hydrogens is 311 g/mol. The van der Waals surface area contributed by atoms with Gasteiger partial charge in [0.1, 0.15) is 11.6 Å². The van der Waals surface area contributed by atoms with Gasteiger partial charge in [-0.2, -0.15) is 5.10 Å². The lowest BCUT2D eigenvalue weighted by atomic mass is 10.2. The zero-order valence-corrected chi connectivity index (χ0v) is 13.2. The maximum atomic E-state index is 13.5. The molecule has 0 fully saturated rings. The Kier molecular flexibility index (Phi) is 4.07. The van der Waals surface area contributed by atoms with Crippen LogP contribution in [0.15, 0.2) is 41.3 Å². The van der Waals surface area contributed by atoms with Crippen molar-refractivity contribution < 1.29 is 9.18 Å². The highest BCUT2D eigenvalue weighted by Crippen LogP contribution is 2.13. The average molecular weight is 326 g/mol. The molecule has 0 bridgehead atoms. The van der Waals surface area contributed by atoms with E-state index < -0.39 is 17.2 Å². The fraction of sp³-hybridized carbons (Fsp3) is 0.176. The van der Waals surface area contributed by atoms with Crippen LogP contribution in [0.5, 0.6) is 0 Å². The minimum atomic E-state index is -0.676. The lowest BCUT2D eigenvalue weighted by molar-refractivity contribution is 0.101. The normalized spacial score (nSPS) is 10.8. The first-order valence-corrected chi connectivity index (χ1v) is 7.44. The van der Waals surface area contributed by atoms with Crippen molar-refractivity contribution in [2.24, 2.45) is 0 Å².